The van der Waals surface area contributed by atoms with Gasteiger partial charge < -0.3 is 21.5 Å². The van der Waals surface area contributed by atoms with E-state index in [9.17, 15) is 4.79 Å². The average Bonchev–Trinajstić information content (AvgIpc) is 2.89. The molecule has 27 heavy (non-hydrogen) atoms. The molecule has 1 unspecified atom stereocenters. The maximum Gasteiger partial charge on any atom is 0.410 e. The van der Waals surface area contributed by atoms with E-state index in [0.29, 0.717) is 17.9 Å². The van der Waals surface area contributed by atoms with Gasteiger partial charge in [-0.25, -0.2) is 4.79 Å². The Labute approximate surface area is 159 Å². The molecule has 2 aromatic rings. The molecule has 1 saturated heterocycles. The van der Waals surface area contributed by atoms with Crippen LogP contribution in [0.25, 0.3) is 10.9 Å². The Morgan fingerprint density at radius 3 is 2.59 bits per heavy atom. The second-order valence-electron chi connectivity index (χ2n) is 8.40. The zero-order chi connectivity index (χ0) is 20.1. The summed E-state index contributed by atoms with van der Waals surface area (Å²) in [5.74, 6) is 0. The van der Waals surface area contributed by atoms with E-state index in [1.807, 2.05) is 47.9 Å². The molecule has 0 radical (unpaired) electrons. The van der Waals surface area contributed by atoms with Gasteiger partial charge in [-0.3, -0.25) is 9.58 Å². The standard InChI is InChI=1S/C19H30N6O2/c1-10-8-22-16(11(2)25(10)18(26)27-19(3,4)5)15-12-9-24(6)23-17(12)14(21)7-13(15)20/h7,9-11,16,22H,8,20-21H2,1-6H3/t10-,11+,16?/m1/s1. The van der Waals surface area contributed by atoms with Crippen molar-refractivity contribution < 1.29 is 9.53 Å². The van der Waals surface area contributed by atoms with Crippen LogP contribution in [0, 0.1) is 0 Å². The van der Waals surface area contributed by atoms with Crippen molar-refractivity contribution in [1.29, 1.82) is 0 Å². The molecule has 148 valence electrons. The molecule has 1 amide bonds. The van der Waals surface area contributed by atoms with Crippen LogP contribution in [0.1, 0.15) is 46.2 Å². The highest BCUT2D eigenvalue weighted by molar-refractivity contribution is 5.96. The summed E-state index contributed by atoms with van der Waals surface area (Å²) < 4.78 is 7.36. The quantitative estimate of drug-likeness (QED) is 0.661. The van der Waals surface area contributed by atoms with Gasteiger partial charge >= 0.3 is 6.09 Å². The van der Waals surface area contributed by atoms with E-state index in [1.54, 1.807) is 15.6 Å². The first-order chi connectivity index (χ1) is 12.5. The van der Waals surface area contributed by atoms with Crippen LogP contribution in [0.3, 0.4) is 0 Å². The van der Waals surface area contributed by atoms with E-state index in [2.05, 4.69) is 10.4 Å². The second kappa shape index (κ2) is 6.60. The highest BCUT2D eigenvalue weighted by atomic mass is 16.6. The minimum Gasteiger partial charge on any atom is -0.444 e. The number of fused-ring (bicyclic) bond motifs is 1. The molecule has 0 aliphatic carbocycles. The number of carbonyl (C=O) groups is 1. The number of anilines is 2. The number of aryl methyl sites for hydroxylation is 1. The monoisotopic (exact) mass is 374 g/mol. The third kappa shape index (κ3) is 3.53. The summed E-state index contributed by atoms with van der Waals surface area (Å²) in [7, 11) is 1.85. The van der Waals surface area contributed by atoms with Crippen molar-refractivity contribution in [2.24, 2.45) is 7.05 Å². The first kappa shape index (κ1) is 19.3. The predicted octanol–water partition coefficient (Wildman–Crippen LogP) is 2.40. The summed E-state index contributed by atoms with van der Waals surface area (Å²) in [6.45, 7) is 10.3. The Hall–Kier alpha value is -2.48. The van der Waals surface area contributed by atoms with Crippen LogP contribution in [0.15, 0.2) is 12.3 Å². The first-order valence-corrected chi connectivity index (χ1v) is 9.25. The first-order valence-electron chi connectivity index (χ1n) is 9.25. The molecular weight excluding hydrogens is 344 g/mol. The Bertz CT molecular complexity index is 869. The lowest BCUT2D eigenvalue weighted by molar-refractivity contribution is -0.00460. The van der Waals surface area contributed by atoms with Crippen LogP contribution >= 0.6 is 0 Å². The van der Waals surface area contributed by atoms with Gasteiger partial charge in [0.05, 0.1) is 17.8 Å². The van der Waals surface area contributed by atoms with Crippen LogP contribution in [0.4, 0.5) is 16.2 Å². The molecule has 8 nitrogen and oxygen atoms in total. The van der Waals surface area contributed by atoms with Crippen molar-refractivity contribution >= 4 is 28.4 Å². The molecule has 0 bridgehead atoms. The fourth-order valence-corrected chi connectivity index (χ4v) is 3.85. The lowest BCUT2D eigenvalue weighted by atomic mass is 9.91. The number of nitrogen functional groups attached to an aromatic ring is 2. The third-order valence-electron chi connectivity index (χ3n) is 4.96. The molecule has 0 saturated carbocycles. The van der Waals surface area contributed by atoms with E-state index >= 15 is 0 Å². The van der Waals surface area contributed by atoms with Gasteiger partial charge in [-0.15, -0.1) is 0 Å². The Morgan fingerprint density at radius 2 is 1.96 bits per heavy atom. The number of nitrogens with two attached hydrogens (primary N) is 2. The van der Waals surface area contributed by atoms with Crippen LogP contribution < -0.4 is 16.8 Å². The van der Waals surface area contributed by atoms with Gasteiger partial charge in [0.15, 0.2) is 0 Å². The van der Waals surface area contributed by atoms with Crippen LogP contribution in [-0.2, 0) is 11.8 Å². The fraction of sp³-hybridized carbons (Fsp3) is 0.579. The maximum atomic E-state index is 12.8. The zero-order valence-electron chi connectivity index (χ0n) is 16.9. The average molecular weight is 374 g/mol. The van der Waals surface area contributed by atoms with Crippen molar-refractivity contribution in [3.8, 4) is 0 Å². The normalized spacial score (nSPS) is 23.6. The summed E-state index contributed by atoms with van der Waals surface area (Å²) in [6.07, 6.45) is 1.60. The number of hydrogen-bond donors (Lipinski definition) is 3. The van der Waals surface area contributed by atoms with E-state index in [-0.39, 0.29) is 24.2 Å². The molecule has 3 rings (SSSR count). The number of hydrogen-bond acceptors (Lipinski definition) is 6. The number of rotatable bonds is 1. The van der Waals surface area contributed by atoms with Crippen LogP contribution in [0.2, 0.25) is 0 Å². The molecule has 8 heteroatoms. The van der Waals surface area contributed by atoms with Crippen molar-refractivity contribution in [3.05, 3.63) is 17.8 Å². The van der Waals surface area contributed by atoms with Crippen LogP contribution in [0.5, 0.6) is 0 Å². The number of nitrogens with zero attached hydrogens (tertiary/aromatic N) is 3. The molecule has 5 N–H and O–H groups in total. The minimum absolute atomic E-state index is 0.00509. The number of amides is 1. The van der Waals surface area contributed by atoms with Crippen molar-refractivity contribution in [1.82, 2.24) is 20.0 Å². The number of aromatic nitrogens is 2. The molecule has 2 heterocycles. The molecule has 0 spiro atoms. The predicted molar refractivity (Wildman–Crippen MR) is 107 cm³/mol. The van der Waals surface area contributed by atoms with E-state index in [4.69, 9.17) is 16.2 Å². The molecule has 1 aromatic carbocycles. The lowest BCUT2D eigenvalue weighted by Gasteiger charge is -2.45. The van der Waals surface area contributed by atoms with Crippen molar-refractivity contribution in [2.45, 2.75) is 58.3 Å². The number of nitrogens with one attached hydrogen (secondary N) is 1. The third-order valence-corrected chi connectivity index (χ3v) is 4.96. The Balaban J connectivity index is 2.03. The molecular formula is C19H30N6O2. The smallest absolute Gasteiger partial charge is 0.410 e. The summed E-state index contributed by atoms with van der Waals surface area (Å²) in [6, 6.07) is 1.44. The topological polar surface area (TPSA) is 111 Å². The lowest BCUT2D eigenvalue weighted by Crippen LogP contribution is -2.59. The Morgan fingerprint density at radius 1 is 1.30 bits per heavy atom. The largest absolute Gasteiger partial charge is 0.444 e. The summed E-state index contributed by atoms with van der Waals surface area (Å²) in [5, 5.41) is 8.89. The maximum absolute atomic E-state index is 12.8. The second-order valence-corrected chi connectivity index (χ2v) is 8.40. The van der Waals surface area contributed by atoms with E-state index in [1.165, 1.54) is 0 Å². The van der Waals surface area contributed by atoms with Gasteiger partial charge in [0.1, 0.15) is 11.1 Å². The Kier molecular flexibility index (Phi) is 4.71. The van der Waals surface area contributed by atoms with Gasteiger partial charge in [0, 0.05) is 42.5 Å². The number of piperazine rings is 1. The molecule has 1 aliphatic rings. The summed E-state index contributed by atoms with van der Waals surface area (Å²) in [5.41, 5.74) is 14.7. The number of ether oxygens (including phenoxy) is 1. The van der Waals surface area contributed by atoms with Gasteiger partial charge in [-0.05, 0) is 40.7 Å². The van der Waals surface area contributed by atoms with E-state index in [0.717, 1.165) is 16.5 Å². The number of benzene rings is 1. The van der Waals surface area contributed by atoms with Crippen molar-refractivity contribution in [3.63, 3.8) is 0 Å². The van der Waals surface area contributed by atoms with Gasteiger partial charge in [-0.1, -0.05) is 0 Å². The van der Waals surface area contributed by atoms with Crippen LogP contribution in [-0.4, -0.2) is 45.0 Å². The fourth-order valence-electron chi connectivity index (χ4n) is 3.85. The van der Waals surface area contributed by atoms with Gasteiger partial charge in [-0.2, -0.15) is 5.10 Å². The molecule has 1 aromatic heterocycles. The van der Waals surface area contributed by atoms with Gasteiger partial charge in [0.2, 0.25) is 0 Å². The summed E-state index contributed by atoms with van der Waals surface area (Å²) >= 11 is 0. The summed E-state index contributed by atoms with van der Waals surface area (Å²) in [4.78, 5) is 14.6. The molecule has 3 atom stereocenters. The molecule has 1 fully saturated rings. The SMILES string of the molecule is C[C@@H]1CNC(c2c(N)cc(N)c3nn(C)cc23)[C@H](C)N1C(=O)OC(C)(C)C. The highest BCUT2D eigenvalue weighted by Crippen LogP contribution is 2.37. The minimum atomic E-state index is -0.548. The van der Waals surface area contributed by atoms with E-state index < -0.39 is 5.60 Å². The van der Waals surface area contributed by atoms with Gasteiger partial charge in [0.25, 0.3) is 0 Å². The molecule has 1 aliphatic heterocycles. The zero-order valence-corrected chi connectivity index (χ0v) is 16.9. The van der Waals surface area contributed by atoms with Crippen molar-refractivity contribution in [2.75, 3.05) is 18.0 Å². The highest BCUT2D eigenvalue weighted by Gasteiger charge is 2.39. The number of carbonyl (C=O) groups excluding carboxylic acids is 1.